The van der Waals surface area contributed by atoms with Crippen LogP contribution >= 0.6 is 11.6 Å². The van der Waals surface area contributed by atoms with E-state index in [-0.39, 0.29) is 22.5 Å². The quantitative estimate of drug-likeness (QED) is 0.328. The molecular formula is C28H26ClF3N6O2. The lowest BCUT2D eigenvalue weighted by molar-refractivity contribution is -0.119. The van der Waals surface area contributed by atoms with E-state index >= 15 is 0 Å². The first kappa shape index (κ1) is 27.6. The minimum Gasteiger partial charge on any atom is -0.323 e. The van der Waals surface area contributed by atoms with Crippen molar-refractivity contribution in [2.45, 2.75) is 45.1 Å². The van der Waals surface area contributed by atoms with Crippen LogP contribution in [0.2, 0.25) is 5.02 Å². The molecule has 2 bridgehead atoms. The highest BCUT2D eigenvalue weighted by molar-refractivity contribution is 6.31. The highest BCUT2D eigenvalue weighted by Gasteiger charge is 2.32. The van der Waals surface area contributed by atoms with Crippen molar-refractivity contribution in [1.29, 1.82) is 0 Å². The summed E-state index contributed by atoms with van der Waals surface area (Å²) in [4.78, 5) is 35.0. The van der Waals surface area contributed by atoms with Gasteiger partial charge in [0.1, 0.15) is 0 Å². The standard InChI is InChI=1S/C28H26ClF3N6O2/c1-15-5-4-6-22(19-11-16(9-10-33-19)26-21(36-27(15)40)13-35-37(26)3)38-14-34-20(12-23(38)39)24-17(28(2,31)32)7-8-18(29)25(24)30/h7-15,22H,4-6H2,1-3H3,(H,36,40). The maximum atomic E-state index is 15.0. The number of benzene rings is 1. The molecule has 40 heavy (non-hydrogen) atoms. The average molecular weight is 571 g/mol. The zero-order valence-electron chi connectivity index (χ0n) is 22.0. The maximum absolute atomic E-state index is 15.0. The number of fused-ring (bicyclic) bond motifs is 4. The fraction of sp³-hybridized carbons (Fsp3) is 0.321. The Balaban J connectivity index is 1.63. The zero-order valence-corrected chi connectivity index (χ0v) is 22.7. The fourth-order valence-electron chi connectivity index (χ4n) is 5.03. The largest absolute Gasteiger partial charge is 0.323 e. The Morgan fingerprint density at radius 3 is 2.62 bits per heavy atom. The maximum Gasteiger partial charge on any atom is 0.271 e. The Morgan fingerprint density at radius 1 is 1.12 bits per heavy atom. The van der Waals surface area contributed by atoms with Crippen LogP contribution in [0.25, 0.3) is 22.5 Å². The molecule has 4 aromatic rings. The summed E-state index contributed by atoms with van der Waals surface area (Å²) in [6.45, 7) is 2.46. The lowest BCUT2D eigenvalue weighted by atomic mass is 9.96. The summed E-state index contributed by atoms with van der Waals surface area (Å²) in [5.41, 5.74) is 0.550. The van der Waals surface area contributed by atoms with E-state index in [1.807, 2.05) is 13.0 Å². The Morgan fingerprint density at radius 2 is 1.90 bits per heavy atom. The number of carbonyl (C=O) groups is 1. The molecule has 208 valence electrons. The van der Waals surface area contributed by atoms with E-state index in [0.717, 1.165) is 23.8 Å². The van der Waals surface area contributed by atoms with E-state index in [2.05, 4.69) is 20.4 Å². The number of nitrogens with one attached hydrogen (secondary N) is 1. The van der Waals surface area contributed by atoms with E-state index in [1.54, 1.807) is 30.2 Å². The first-order chi connectivity index (χ1) is 19.0. The van der Waals surface area contributed by atoms with Crippen molar-refractivity contribution in [1.82, 2.24) is 24.3 Å². The van der Waals surface area contributed by atoms with Crippen LogP contribution in [0.4, 0.5) is 18.9 Å². The van der Waals surface area contributed by atoms with E-state index in [0.29, 0.717) is 43.3 Å². The van der Waals surface area contributed by atoms with Crippen LogP contribution in [0.15, 0.2) is 53.8 Å². The molecule has 0 fully saturated rings. The molecule has 0 saturated heterocycles. The molecule has 1 N–H and O–H groups in total. The monoisotopic (exact) mass is 570 g/mol. The molecule has 2 unspecified atom stereocenters. The van der Waals surface area contributed by atoms with E-state index in [1.165, 1.54) is 10.9 Å². The molecule has 4 heterocycles. The van der Waals surface area contributed by atoms with E-state index in [4.69, 9.17) is 11.6 Å². The number of amides is 1. The topological polar surface area (TPSA) is 94.7 Å². The van der Waals surface area contributed by atoms with E-state index < -0.39 is 34.5 Å². The number of carbonyl (C=O) groups excluding carboxylic acids is 1. The number of hydrogen-bond donors (Lipinski definition) is 1. The lowest BCUT2D eigenvalue weighted by Crippen LogP contribution is -2.27. The summed E-state index contributed by atoms with van der Waals surface area (Å²) in [5, 5.41) is 6.89. The second-order valence-electron chi connectivity index (χ2n) is 10.0. The van der Waals surface area contributed by atoms with Gasteiger partial charge in [-0.25, -0.2) is 18.2 Å². The molecule has 0 spiro atoms. The van der Waals surface area contributed by atoms with Gasteiger partial charge >= 0.3 is 0 Å². The minimum atomic E-state index is -3.40. The predicted molar refractivity (Wildman–Crippen MR) is 145 cm³/mol. The molecule has 2 atom stereocenters. The van der Waals surface area contributed by atoms with Crippen molar-refractivity contribution in [2.24, 2.45) is 13.0 Å². The minimum absolute atomic E-state index is 0.143. The molecule has 1 aliphatic heterocycles. The first-order valence-corrected chi connectivity index (χ1v) is 13.1. The van der Waals surface area contributed by atoms with Gasteiger partial charge in [-0.3, -0.25) is 23.8 Å². The summed E-state index contributed by atoms with van der Waals surface area (Å²) < 4.78 is 46.6. The van der Waals surface area contributed by atoms with Crippen molar-refractivity contribution >= 4 is 23.2 Å². The van der Waals surface area contributed by atoms with Crippen LogP contribution in [0.3, 0.4) is 0 Å². The number of nitrogens with zero attached hydrogens (tertiary/aromatic N) is 5. The molecule has 3 aromatic heterocycles. The molecule has 12 heteroatoms. The Bertz CT molecular complexity index is 1660. The van der Waals surface area contributed by atoms with E-state index in [9.17, 15) is 22.8 Å². The lowest BCUT2D eigenvalue weighted by Gasteiger charge is -2.22. The number of hydrogen-bond acceptors (Lipinski definition) is 5. The molecular weight excluding hydrogens is 545 g/mol. The molecule has 0 radical (unpaired) electrons. The van der Waals surface area contributed by atoms with Gasteiger partial charge < -0.3 is 5.32 Å². The number of rotatable bonds is 3. The average Bonchev–Trinajstić information content (AvgIpc) is 3.26. The highest BCUT2D eigenvalue weighted by Crippen LogP contribution is 2.39. The second-order valence-corrected chi connectivity index (χ2v) is 10.4. The number of aryl methyl sites for hydroxylation is 1. The normalized spacial score (nSPS) is 17.9. The first-order valence-electron chi connectivity index (χ1n) is 12.7. The summed E-state index contributed by atoms with van der Waals surface area (Å²) in [5.74, 6) is -4.93. The van der Waals surface area contributed by atoms with Crippen molar-refractivity contribution in [2.75, 3.05) is 5.32 Å². The Hall–Kier alpha value is -3.99. The number of halogens is 4. The fourth-order valence-corrected chi connectivity index (χ4v) is 5.19. The molecule has 8 nitrogen and oxygen atoms in total. The van der Waals surface area contributed by atoms with Crippen molar-refractivity contribution < 1.29 is 18.0 Å². The van der Waals surface area contributed by atoms with Gasteiger partial charge in [0.25, 0.3) is 11.5 Å². The van der Waals surface area contributed by atoms with Crippen LogP contribution in [0.5, 0.6) is 0 Å². The summed E-state index contributed by atoms with van der Waals surface area (Å²) in [6, 6.07) is 6.11. The highest BCUT2D eigenvalue weighted by atomic mass is 35.5. The molecule has 1 amide bonds. The van der Waals surface area contributed by atoms with Gasteiger partial charge in [0.15, 0.2) is 5.82 Å². The molecule has 1 aliphatic rings. The predicted octanol–water partition coefficient (Wildman–Crippen LogP) is 5.96. The van der Waals surface area contributed by atoms with Crippen LogP contribution < -0.4 is 10.9 Å². The second kappa shape index (κ2) is 10.5. The number of alkyl halides is 2. The van der Waals surface area contributed by atoms with Crippen molar-refractivity contribution in [3.05, 3.63) is 81.5 Å². The Labute approximate surface area is 232 Å². The number of anilines is 1. The van der Waals surface area contributed by atoms with Crippen LogP contribution in [0.1, 0.15) is 50.4 Å². The van der Waals surface area contributed by atoms with Gasteiger partial charge in [-0.15, -0.1) is 0 Å². The van der Waals surface area contributed by atoms with Crippen LogP contribution in [0, 0.1) is 11.7 Å². The van der Waals surface area contributed by atoms with Gasteiger partial charge in [-0.05, 0) is 31.0 Å². The summed E-state index contributed by atoms with van der Waals surface area (Å²) in [6.07, 6.45) is 5.96. The summed E-state index contributed by atoms with van der Waals surface area (Å²) in [7, 11) is 1.76. The third-order valence-electron chi connectivity index (χ3n) is 7.15. The molecule has 1 aromatic carbocycles. The van der Waals surface area contributed by atoms with Gasteiger partial charge in [-0.1, -0.05) is 31.0 Å². The van der Waals surface area contributed by atoms with Crippen LogP contribution in [-0.2, 0) is 17.8 Å². The van der Waals surface area contributed by atoms with Crippen LogP contribution in [-0.4, -0.2) is 30.2 Å². The molecule has 5 rings (SSSR count). The third-order valence-corrected chi connectivity index (χ3v) is 7.44. The number of aromatic nitrogens is 5. The van der Waals surface area contributed by atoms with Gasteiger partial charge in [0.2, 0.25) is 5.91 Å². The van der Waals surface area contributed by atoms with Gasteiger partial charge in [-0.2, -0.15) is 5.10 Å². The summed E-state index contributed by atoms with van der Waals surface area (Å²) >= 11 is 5.89. The van der Waals surface area contributed by atoms with Gasteiger partial charge in [0.05, 0.1) is 46.4 Å². The van der Waals surface area contributed by atoms with Crippen molar-refractivity contribution in [3.63, 3.8) is 0 Å². The number of pyridine rings is 1. The smallest absolute Gasteiger partial charge is 0.271 e. The third kappa shape index (κ3) is 5.13. The van der Waals surface area contributed by atoms with Gasteiger partial charge in [0, 0.05) is 48.8 Å². The SMILES string of the molecule is CC1CCCC(n2cnc(-c3c(C(C)(F)F)ccc(Cl)c3F)cc2=O)c2cc(ccn2)-c2c(cnn2C)NC1=O. The molecule has 0 aliphatic carbocycles. The zero-order chi connectivity index (χ0) is 28.8. The Kier molecular flexibility index (Phi) is 7.26. The molecule has 0 saturated carbocycles. The van der Waals surface area contributed by atoms with Crippen molar-refractivity contribution in [3.8, 4) is 22.5 Å².